The van der Waals surface area contributed by atoms with Crippen LogP contribution in [0.4, 0.5) is 34.1 Å². The summed E-state index contributed by atoms with van der Waals surface area (Å²) in [5.74, 6) is 0. The lowest BCUT2D eigenvalue weighted by molar-refractivity contribution is 1.18. The highest BCUT2D eigenvalue weighted by molar-refractivity contribution is 6.12. The molecule has 0 aliphatic heterocycles. The summed E-state index contributed by atoms with van der Waals surface area (Å²) in [6.07, 6.45) is 0. The van der Waals surface area contributed by atoms with Gasteiger partial charge >= 0.3 is 0 Å². The molecule has 0 aliphatic rings. The van der Waals surface area contributed by atoms with Crippen LogP contribution in [0.15, 0.2) is 509 Å². The van der Waals surface area contributed by atoms with Crippen molar-refractivity contribution in [2.45, 2.75) is 0 Å². The fourth-order valence-electron chi connectivity index (χ4n) is 16.4. The van der Waals surface area contributed by atoms with Crippen LogP contribution in [-0.4, -0.2) is 9.13 Å². The van der Waals surface area contributed by atoms with Crippen molar-refractivity contribution in [3.63, 3.8) is 0 Å². The van der Waals surface area contributed by atoms with Gasteiger partial charge < -0.3 is 18.9 Å². The second-order valence-corrected chi connectivity index (χ2v) is 29.8. The van der Waals surface area contributed by atoms with Crippen molar-refractivity contribution in [3.05, 3.63) is 509 Å². The molecule has 0 saturated carbocycles. The third kappa shape index (κ3) is 15.0. The van der Waals surface area contributed by atoms with Gasteiger partial charge in [0.1, 0.15) is 0 Å². The van der Waals surface area contributed by atoms with E-state index in [-0.39, 0.29) is 46.7 Å². The van der Waals surface area contributed by atoms with E-state index >= 15 is 0 Å². The molecule has 0 atom stereocenters. The Hall–Kier alpha value is -16.4. The quantitative estimate of drug-likeness (QED) is 0.0851. The van der Waals surface area contributed by atoms with Crippen LogP contribution in [0.2, 0.25) is 0 Å². The molecule has 0 aliphatic carbocycles. The monoisotopic (exact) mass is 1600 g/mol. The van der Waals surface area contributed by atoms with Gasteiger partial charge in [-0.05, 0) is 221 Å². The average Bonchev–Trinajstić information content (AvgIpc) is 1.66. The van der Waals surface area contributed by atoms with Gasteiger partial charge in [-0.2, -0.15) is 0 Å². The van der Waals surface area contributed by atoms with E-state index < -0.39 is 136 Å². The molecule has 22 rings (SSSR count). The van der Waals surface area contributed by atoms with Crippen LogP contribution in [0.1, 0.15) is 28.8 Å². The smallest absolute Gasteiger partial charge is 0.0645 e. The Labute approximate surface area is 753 Å². The molecule has 4 heteroatoms. The molecule has 0 unspecified atom stereocenters. The first-order valence-corrected chi connectivity index (χ1v) is 40.8. The van der Waals surface area contributed by atoms with Crippen LogP contribution >= 0.6 is 0 Å². The topological polar surface area (TPSA) is 16.3 Å². The third-order valence-electron chi connectivity index (χ3n) is 22.4. The van der Waals surface area contributed by atoms with Gasteiger partial charge in [0, 0.05) is 66.8 Å². The Morgan fingerprint density at radius 3 is 0.774 bits per heavy atom. The van der Waals surface area contributed by atoms with Gasteiger partial charge in [-0.3, -0.25) is 0 Å². The SMILES string of the molecule is [2H]c1c([2H])c(N(c2ccc(-c3ccc(-c4ccccc4)cc3)cc2)c2ccccc2-c2ccccc2)c([2H])c([2H])c1-c1ccc2c(c1)c1ccccc1n2-c1ccc(-c2ccccc2)cc1.[2H]c1c([2H])c([2H])c(-c2c([2H])c([2H])c(-c3c([2H])c([2H])c(N(c4ccccc4-c4ccccc4)c4c([2H])c([2H])c(-c5ccc6c(c5)c5ccccc5n6-c5ccc(-c6ccccc6)cc5)c([2H])c4[2H])c([2H])c3[2H])c([2H])c2[2H])c([2H])c1[2H]. The molecule has 4 nitrogen and oxygen atoms in total. The number of anilines is 6. The molecule has 0 amide bonds. The Bertz CT molecular complexity index is 8750. The molecule has 0 spiro atoms. The van der Waals surface area contributed by atoms with Crippen molar-refractivity contribution in [1.82, 2.24) is 9.13 Å². The first-order valence-electron chi connectivity index (χ1n) is 51.3. The molecule has 20 aromatic carbocycles. The van der Waals surface area contributed by atoms with E-state index in [1.165, 1.54) is 0 Å². The normalized spacial score (nSPS) is 13.6. The second-order valence-electron chi connectivity index (χ2n) is 29.8. The predicted molar refractivity (Wildman–Crippen MR) is 525 cm³/mol. The van der Waals surface area contributed by atoms with E-state index in [9.17, 15) is 16.4 Å². The molecule has 0 saturated heterocycles. The summed E-state index contributed by atoms with van der Waals surface area (Å²) in [6, 6.07) is 112. The lowest BCUT2D eigenvalue weighted by Gasteiger charge is -2.28. The van der Waals surface area contributed by atoms with E-state index in [2.05, 4.69) is 118 Å². The minimum Gasteiger partial charge on any atom is -0.310 e. The van der Waals surface area contributed by atoms with Gasteiger partial charge in [0.2, 0.25) is 0 Å². The maximum atomic E-state index is 9.80. The Balaban J connectivity index is 0.000000173. The van der Waals surface area contributed by atoms with Gasteiger partial charge in [0.25, 0.3) is 0 Å². The number of hydrogen-bond acceptors (Lipinski definition) is 2. The van der Waals surface area contributed by atoms with E-state index in [1.807, 2.05) is 217 Å². The van der Waals surface area contributed by atoms with Crippen molar-refractivity contribution in [2.75, 3.05) is 9.80 Å². The zero-order chi connectivity index (χ0) is 101. The van der Waals surface area contributed by atoms with E-state index in [1.54, 1.807) is 60.7 Å². The van der Waals surface area contributed by atoms with Crippen molar-refractivity contribution in [2.24, 2.45) is 0 Å². The zero-order valence-corrected chi connectivity index (χ0v) is 66.7. The highest BCUT2D eigenvalue weighted by atomic mass is 15.2. The van der Waals surface area contributed by atoms with Gasteiger partial charge in [0.15, 0.2) is 0 Å². The Kier molecular flexibility index (Phi) is 15.1. The van der Waals surface area contributed by atoms with Gasteiger partial charge in [-0.15, -0.1) is 0 Å². The fourth-order valence-corrected chi connectivity index (χ4v) is 16.4. The number of aromatic nitrogens is 2. The first-order chi connectivity index (χ1) is 70.3. The molecule has 2 heterocycles. The number of fused-ring (bicyclic) bond motifs is 6. The maximum absolute atomic E-state index is 9.80. The lowest BCUT2D eigenvalue weighted by Crippen LogP contribution is -2.11. The van der Waals surface area contributed by atoms with Gasteiger partial charge in [-0.1, -0.05) is 388 Å². The largest absolute Gasteiger partial charge is 0.310 e. The number of rotatable bonds is 18. The van der Waals surface area contributed by atoms with Crippen LogP contribution < -0.4 is 9.80 Å². The lowest BCUT2D eigenvalue weighted by atomic mass is 9.99. The molecule has 0 N–H and O–H groups in total. The first kappa shape index (κ1) is 55.4. The van der Waals surface area contributed by atoms with Gasteiger partial charge in [0.05, 0.1) is 62.2 Å². The van der Waals surface area contributed by atoms with Crippen LogP contribution in [0.3, 0.4) is 0 Å². The summed E-state index contributed by atoms with van der Waals surface area (Å²) in [5.41, 5.74) is 16.9. The van der Waals surface area contributed by atoms with Crippen LogP contribution in [0, 0.1) is 0 Å². The highest BCUT2D eigenvalue weighted by Crippen LogP contribution is 2.47. The highest BCUT2D eigenvalue weighted by Gasteiger charge is 2.23. The molecule has 22 aromatic rings. The second kappa shape index (κ2) is 33.8. The molecule has 124 heavy (non-hydrogen) atoms. The van der Waals surface area contributed by atoms with Crippen LogP contribution in [0.25, 0.3) is 166 Å². The zero-order valence-electron chi connectivity index (χ0n) is 87.7. The summed E-state index contributed by atoms with van der Waals surface area (Å²) in [7, 11) is 0. The predicted octanol–water partition coefficient (Wildman–Crippen LogP) is 33.2. The molecule has 0 fully saturated rings. The fraction of sp³-hybridized carbons (Fsp3) is 0. The number of benzene rings is 20. The van der Waals surface area contributed by atoms with Crippen molar-refractivity contribution in [3.8, 4) is 123 Å². The Morgan fingerprint density at radius 2 is 0.411 bits per heavy atom. The summed E-state index contributed by atoms with van der Waals surface area (Å²) >= 11 is 0. The number of para-hydroxylation sites is 4. The van der Waals surface area contributed by atoms with Crippen molar-refractivity contribution in [1.29, 1.82) is 0 Å². The van der Waals surface area contributed by atoms with E-state index in [0.29, 0.717) is 27.9 Å². The molecular formula is C120H84N4. The summed E-state index contributed by atoms with van der Waals surface area (Å²) < 4.78 is 198. The van der Waals surface area contributed by atoms with Crippen LogP contribution in [0.5, 0.6) is 0 Å². The Morgan fingerprint density at radius 1 is 0.161 bits per heavy atom. The standard InChI is InChI=1S/2C60H42N2/c2*1-4-14-43(15-5-1)45-24-26-46(27-25-45)48-28-35-52(36-29-48)61(58-22-12-10-20-55(58)50-18-8-3-9-19-50)53-37-32-49(33-38-53)51-34-41-60-57(42-51)56-21-11-13-23-59(56)62(60)54-39-30-47(31-40-54)44-16-6-2-7-17-44/h2*1-42H/i1D,4D,5D,14D,15D,24D,25D,26D,27D,28D,29D,32D,33D,35D,36D,37D,38D;32D,33D,37D,38D. The third-order valence-corrected chi connectivity index (χ3v) is 22.4. The maximum Gasteiger partial charge on any atom is 0.0645 e. The molecule has 0 bridgehead atoms. The van der Waals surface area contributed by atoms with Crippen molar-refractivity contribution < 1.29 is 28.8 Å². The van der Waals surface area contributed by atoms with Gasteiger partial charge in [-0.25, -0.2) is 0 Å². The number of nitrogens with zero attached hydrogens (tertiary/aromatic N) is 4. The summed E-state index contributed by atoms with van der Waals surface area (Å²) in [6.45, 7) is 0. The average molecular weight is 1600 g/mol. The minimum absolute atomic E-state index is 0.0358. The minimum atomic E-state index is -0.877. The van der Waals surface area contributed by atoms with E-state index in [0.717, 1.165) is 121 Å². The van der Waals surface area contributed by atoms with Crippen LogP contribution in [-0.2, 0) is 0 Å². The summed E-state index contributed by atoms with van der Waals surface area (Å²) in [4.78, 5) is 3.04. The van der Waals surface area contributed by atoms with E-state index in [4.69, 9.17) is 12.3 Å². The molecule has 2 aromatic heterocycles. The molecule has 584 valence electrons. The summed E-state index contributed by atoms with van der Waals surface area (Å²) in [5, 5.41) is 3.66. The molecule has 0 radical (unpaired) electrons. The number of hydrogen-bond donors (Lipinski definition) is 0. The van der Waals surface area contributed by atoms with Crippen molar-refractivity contribution >= 4 is 77.7 Å². The molecular weight excluding hydrogens is 1500 g/mol.